The fourth-order valence-electron chi connectivity index (χ4n) is 1.33. The third-order valence-electron chi connectivity index (χ3n) is 2.06. The van der Waals surface area contributed by atoms with Gasteiger partial charge in [-0.3, -0.25) is 4.68 Å². The molecule has 2 heterocycles. The lowest BCUT2D eigenvalue weighted by molar-refractivity contribution is 0.215. The summed E-state index contributed by atoms with van der Waals surface area (Å²) >= 11 is 5.74. The minimum absolute atomic E-state index is 0.371. The molecule has 2 aromatic rings. The number of aliphatic hydroxyl groups excluding tert-OH is 1. The van der Waals surface area contributed by atoms with Crippen molar-refractivity contribution in [1.82, 2.24) is 14.8 Å². The molecule has 1 atom stereocenters. The van der Waals surface area contributed by atoms with Crippen molar-refractivity contribution in [3.05, 3.63) is 47.0 Å². The van der Waals surface area contributed by atoms with Crippen LogP contribution in [-0.2, 0) is 7.05 Å². The average molecular weight is 224 g/mol. The molecule has 78 valence electrons. The van der Waals surface area contributed by atoms with Gasteiger partial charge in [0.15, 0.2) is 0 Å². The van der Waals surface area contributed by atoms with E-state index in [0.29, 0.717) is 16.4 Å². The number of aryl methyl sites for hydroxylation is 1. The fourth-order valence-corrected chi connectivity index (χ4v) is 1.50. The van der Waals surface area contributed by atoms with Crippen molar-refractivity contribution in [1.29, 1.82) is 0 Å². The van der Waals surface area contributed by atoms with Crippen LogP contribution in [0.2, 0.25) is 5.15 Å². The summed E-state index contributed by atoms with van der Waals surface area (Å²) in [6.45, 7) is 0. The van der Waals surface area contributed by atoms with Crippen LogP contribution < -0.4 is 0 Å². The van der Waals surface area contributed by atoms with E-state index in [0.717, 1.165) is 0 Å². The number of pyridine rings is 1. The molecule has 0 aromatic carbocycles. The first-order valence-corrected chi connectivity index (χ1v) is 4.83. The number of hydrogen-bond donors (Lipinski definition) is 1. The Hall–Kier alpha value is -1.39. The summed E-state index contributed by atoms with van der Waals surface area (Å²) in [5.41, 5.74) is 1.22. The lowest BCUT2D eigenvalue weighted by Crippen LogP contribution is -2.01. The summed E-state index contributed by atoms with van der Waals surface area (Å²) in [5.74, 6) is 0. The Labute approximate surface area is 92.1 Å². The van der Waals surface area contributed by atoms with Crippen LogP contribution >= 0.6 is 11.6 Å². The summed E-state index contributed by atoms with van der Waals surface area (Å²) in [6, 6.07) is 5.15. The van der Waals surface area contributed by atoms with Crippen molar-refractivity contribution in [2.24, 2.45) is 7.05 Å². The maximum Gasteiger partial charge on any atom is 0.129 e. The van der Waals surface area contributed by atoms with Gasteiger partial charge in [-0.2, -0.15) is 5.10 Å². The van der Waals surface area contributed by atoms with Gasteiger partial charge in [-0.25, -0.2) is 4.98 Å². The van der Waals surface area contributed by atoms with Gasteiger partial charge < -0.3 is 5.11 Å². The molecule has 2 aromatic heterocycles. The molecule has 0 bridgehead atoms. The zero-order chi connectivity index (χ0) is 10.8. The van der Waals surface area contributed by atoms with Gasteiger partial charge in [0, 0.05) is 18.8 Å². The number of aliphatic hydroxyl groups is 1. The van der Waals surface area contributed by atoms with E-state index in [9.17, 15) is 5.11 Å². The van der Waals surface area contributed by atoms with E-state index in [1.165, 1.54) is 0 Å². The Bertz CT molecular complexity index is 469. The molecule has 0 spiro atoms. The van der Waals surface area contributed by atoms with Crippen LogP contribution in [0, 0.1) is 0 Å². The molecule has 0 radical (unpaired) electrons. The quantitative estimate of drug-likeness (QED) is 0.786. The SMILES string of the molecule is Cn1cc(C(O)c2cccc(Cl)n2)cn1. The first-order chi connectivity index (χ1) is 7.16. The second-order valence-electron chi connectivity index (χ2n) is 3.24. The van der Waals surface area contributed by atoms with Gasteiger partial charge in [-0.15, -0.1) is 0 Å². The number of hydrogen-bond acceptors (Lipinski definition) is 3. The van der Waals surface area contributed by atoms with Crippen molar-refractivity contribution >= 4 is 11.6 Å². The minimum Gasteiger partial charge on any atom is -0.382 e. The standard InChI is InChI=1S/C10H10ClN3O/c1-14-6-7(5-12-14)10(15)8-3-2-4-9(11)13-8/h2-6,10,15H,1H3. The molecule has 1 N–H and O–H groups in total. The molecule has 0 amide bonds. The summed E-state index contributed by atoms with van der Waals surface area (Å²) in [6.07, 6.45) is 2.57. The third kappa shape index (κ3) is 2.16. The van der Waals surface area contributed by atoms with Crippen molar-refractivity contribution in [2.45, 2.75) is 6.10 Å². The molecule has 0 saturated carbocycles. The highest BCUT2D eigenvalue weighted by molar-refractivity contribution is 6.29. The molecule has 0 fully saturated rings. The first kappa shape index (κ1) is 10.1. The van der Waals surface area contributed by atoms with Crippen LogP contribution in [0.25, 0.3) is 0 Å². The van der Waals surface area contributed by atoms with Gasteiger partial charge in [0.1, 0.15) is 11.3 Å². The summed E-state index contributed by atoms with van der Waals surface area (Å²) < 4.78 is 1.63. The van der Waals surface area contributed by atoms with Gasteiger partial charge in [-0.1, -0.05) is 17.7 Å². The Morgan fingerprint density at radius 3 is 2.87 bits per heavy atom. The maximum atomic E-state index is 9.96. The van der Waals surface area contributed by atoms with Gasteiger partial charge in [0.2, 0.25) is 0 Å². The second-order valence-corrected chi connectivity index (χ2v) is 3.62. The largest absolute Gasteiger partial charge is 0.382 e. The zero-order valence-corrected chi connectivity index (χ0v) is 8.89. The van der Waals surface area contributed by atoms with E-state index in [2.05, 4.69) is 10.1 Å². The molecule has 0 saturated heterocycles. The van der Waals surface area contributed by atoms with Crippen LogP contribution in [0.1, 0.15) is 17.4 Å². The number of rotatable bonds is 2. The molecule has 15 heavy (non-hydrogen) atoms. The number of halogens is 1. The van der Waals surface area contributed by atoms with Gasteiger partial charge in [0.05, 0.1) is 11.9 Å². The highest BCUT2D eigenvalue weighted by Crippen LogP contribution is 2.20. The lowest BCUT2D eigenvalue weighted by Gasteiger charge is -2.07. The Kier molecular flexibility index (Phi) is 2.70. The second kappa shape index (κ2) is 4.00. The molecule has 4 nitrogen and oxygen atoms in total. The molecular formula is C10H10ClN3O. The van der Waals surface area contributed by atoms with Crippen LogP contribution in [0.15, 0.2) is 30.6 Å². The van der Waals surface area contributed by atoms with E-state index in [1.807, 2.05) is 0 Å². The molecule has 0 aliphatic carbocycles. The average Bonchev–Trinajstić information content (AvgIpc) is 2.64. The molecular weight excluding hydrogens is 214 g/mol. The fraction of sp³-hybridized carbons (Fsp3) is 0.200. The topological polar surface area (TPSA) is 50.9 Å². The lowest BCUT2D eigenvalue weighted by atomic mass is 10.1. The van der Waals surface area contributed by atoms with E-state index in [1.54, 1.807) is 42.3 Å². The van der Waals surface area contributed by atoms with Crippen molar-refractivity contribution in [2.75, 3.05) is 0 Å². The van der Waals surface area contributed by atoms with Gasteiger partial charge in [0.25, 0.3) is 0 Å². The van der Waals surface area contributed by atoms with E-state index < -0.39 is 6.10 Å². The smallest absolute Gasteiger partial charge is 0.129 e. The van der Waals surface area contributed by atoms with Gasteiger partial charge >= 0.3 is 0 Å². The van der Waals surface area contributed by atoms with Crippen LogP contribution in [0.5, 0.6) is 0 Å². The molecule has 0 aliphatic rings. The molecule has 0 aliphatic heterocycles. The zero-order valence-electron chi connectivity index (χ0n) is 8.13. The number of nitrogens with zero attached hydrogens (tertiary/aromatic N) is 3. The van der Waals surface area contributed by atoms with Crippen molar-refractivity contribution in [3.63, 3.8) is 0 Å². The third-order valence-corrected chi connectivity index (χ3v) is 2.27. The predicted octanol–water partition coefficient (Wildman–Crippen LogP) is 1.55. The predicted molar refractivity (Wildman–Crippen MR) is 56.5 cm³/mol. The number of aromatic nitrogens is 3. The van der Waals surface area contributed by atoms with Crippen LogP contribution in [0.3, 0.4) is 0 Å². The highest BCUT2D eigenvalue weighted by atomic mass is 35.5. The van der Waals surface area contributed by atoms with E-state index in [4.69, 9.17) is 11.6 Å². The van der Waals surface area contributed by atoms with Crippen LogP contribution in [-0.4, -0.2) is 19.9 Å². The van der Waals surface area contributed by atoms with E-state index >= 15 is 0 Å². The monoisotopic (exact) mass is 223 g/mol. The molecule has 5 heteroatoms. The summed E-state index contributed by atoms with van der Waals surface area (Å²) in [4.78, 5) is 4.04. The van der Waals surface area contributed by atoms with Gasteiger partial charge in [-0.05, 0) is 12.1 Å². The Balaban J connectivity index is 2.32. The van der Waals surface area contributed by atoms with Crippen LogP contribution in [0.4, 0.5) is 0 Å². The summed E-state index contributed by atoms with van der Waals surface area (Å²) in [7, 11) is 1.79. The van der Waals surface area contributed by atoms with Crippen molar-refractivity contribution < 1.29 is 5.11 Å². The Morgan fingerprint density at radius 1 is 1.47 bits per heavy atom. The van der Waals surface area contributed by atoms with Crippen molar-refractivity contribution in [3.8, 4) is 0 Å². The highest BCUT2D eigenvalue weighted by Gasteiger charge is 2.13. The Morgan fingerprint density at radius 2 is 2.27 bits per heavy atom. The van der Waals surface area contributed by atoms with E-state index in [-0.39, 0.29) is 0 Å². The first-order valence-electron chi connectivity index (χ1n) is 4.46. The minimum atomic E-state index is -0.780. The summed E-state index contributed by atoms with van der Waals surface area (Å²) in [5, 5.41) is 14.3. The maximum absolute atomic E-state index is 9.96. The molecule has 2 rings (SSSR count). The molecule has 1 unspecified atom stereocenters. The normalized spacial score (nSPS) is 12.7.